The van der Waals surface area contributed by atoms with Gasteiger partial charge < -0.3 is 15.2 Å². The molecule has 0 radical (unpaired) electrons. The van der Waals surface area contributed by atoms with Crippen LogP contribution in [0.5, 0.6) is 0 Å². The lowest BCUT2D eigenvalue weighted by Gasteiger charge is -2.14. The summed E-state index contributed by atoms with van der Waals surface area (Å²) in [6.45, 7) is -0.342. The van der Waals surface area contributed by atoms with Crippen molar-refractivity contribution in [2.45, 2.75) is 6.04 Å². The van der Waals surface area contributed by atoms with E-state index in [1.165, 1.54) is 7.11 Å². The maximum Gasteiger partial charge on any atom is 0.331 e. The van der Waals surface area contributed by atoms with Gasteiger partial charge in [0.25, 0.3) is 0 Å². The minimum Gasteiger partial charge on any atom is -0.467 e. The number of methoxy groups -OCH3 is 1. The topological polar surface area (TPSA) is 61.5 Å². The minimum atomic E-state index is -1.05. The summed E-state index contributed by atoms with van der Waals surface area (Å²) in [5.74, 6) is -2.65. The third kappa shape index (κ3) is 3.90. The molecular formula is C11H12ClF2NO3. The van der Waals surface area contributed by atoms with Crippen molar-refractivity contribution in [3.05, 3.63) is 34.4 Å². The number of benzene rings is 1. The van der Waals surface area contributed by atoms with Crippen molar-refractivity contribution in [2.75, 3.05) is 20.3 Å². The first kappa shape index (κ1) is 14.8. The summed E-state index contributed by atoms with van der Waals surface area (Å²) in [6, 6.07) is 0.980. The first-order valence-corrected chi connectivity index (χ1v) is 5.38. The number of carbonyl (C=O) groups is 1. The van der Waals surface area contributed by atoms with Crippen LogP contribution in [0.3, 0.4) is 0 Å². The molecule has 0 saturated heterocycles. The Bertz CT molecular complexity index is 443. The molecule has 0 amide bonds. The monoisotopic (exact) mass is 279 g/mol. The van der Waals surface area contributed by atoms with Gasteiger partial charge in [-0.2, -0.15) is 0 Å². The summed E-state index contributed by atoms with van der Waals surface area (Å²) in [5, 5.41) is 0.00284. The summed E-state index contributed by atoms with van der Waals surface area (Å²) in [7, 11) is 1.22. The molecule has 1 aromatic rings. The van der Waals surface area contributed by atoms with Gasteiger partial charge in [-0.05, 0) is 17.7 Å². The number of esters is 1. The van der Waals surface area contributed by atoms with E-state index < -0.39 is 23.6 Å². The van der Waals surface area contributed by atoms with Gasteiger partial charge in [-0.15, -0.1) is 0 Å². The largest absolute Gasteiger partial charge is 0.467 e. The molecule has 1 atom stereocenters. The Morgan fingerprint density at radius 1 is 1.44 bits per heavy atom. The summed E-state index contributed by atoms with van der Waals surface area (Å²) < 4.78 is 35.2. The number of hydrogen-bond donors (Lipinski definition) is 1. The predicted molar refractivity (Wildman–Crippen MR) is 61.1 cm³/mol. The quantitative estimate of drug-likeness (QED) is 0.659. The predicted octanol–water partition coefficient (Wildman–Crippen LogP) is 1.81. The molecule has 0 bridgehead atoms. The van der Waals surface area contributed by atoms with Crippen molar-refractivity contribution in [3.63, 3.8) is 0 Å². The smallest absolute Gasteiger partial charge is 0.331 e. The maximum atomic E-state index is 13.0. The normalized spacial score (nSPS) is 12.3. The van der Waals surface area contributed by atoms with Crippen molar-refractivity contribution in [3.8, 4) is 0 Å². The number of carbonyl (C=O) groups excluding carboxylic acids is 1. The maximum absolute atomic E-state index is 13.0. The highest BCUT2D eigenvalue weighted by atomic mass is 35.5. The molecule has 1 aromatic carbocycles. The lowest BCUT2D eigenvalue weighted by molar-refractivity contribution is -0.146. The Kier molecular flexibility index (Phi) is 5.46. The summed E-state index contributed by atoms with van der Waals surface area (Å²) in [6.07, 6.45) is 0. The second kappa shape index (κ2) is 6.63. The lowest BCUT2D eigenvalue weighted by Crippen LogP contribution is -2.21. The molecule has 0 aliphatic rings. The second-order valence-corrected chi connectivity index (χ2v) is 3.89. The second-order valence-electron chi connectivity index (χ2n) is 3.49. The third-order valence-corrected chi connectivity index (χ3v) is 2.51. The van der Waals surface area contributed by atoms with Crippen LogP contribution in [0, 0.1) is 11.6 Å². The molecule has 0 aromatic heterocycles. The average Bonchev–Trinajstić information content (AvgIpc) is 2.33. The number of hydrogen-bond acceptors (Lipinski definition) is 4. The van der Waals surface area contributed by atoms with Crippen LogP contribution in [0.15, 0.2) is 12.1 Å². The molecule has 0 heterocycles. The first-order valence-electron chi connectivity index (χ1n) is 5.00. The van der Waals surface area contributed by atoms with Gasteiger partial charge in [0.2, 0.25) is 0 Å². The van der Waals surface area contributed by atoms with Crippen LogP contribution < -0.4 is 5.73 Å². The van der Waals surface area contributed by atoms with E-state index in [9.17, 15) is 13.6 Å². The Labute approximate surface area is 108 Å². The van der Waals surface area contributed by atoms with E-state index in [1.54, 1.807) is 0 Å². The standard InChI is InChI=1S/C11H12ClF2NO3/c1-17-11(16)5-18-4-10(15)6-2-8(13)9(14)3-7(6)12/h2-3,10H,4-5,15H2,1H3. The molecule has 0 saturated carbocycles. The van der Waals surface area contributed by atoms with E-state index >= 15 is 0 Å². The Morgan fingerprint density at radius 3 is 2.67 bits per heavy atom. The fourth-order valence-corrected chi connectivity index (χ4v) is 1.53. The summed E-state index contributed by atoms with van der Waals surface area (Å²) in [5.41, 5.74) is 5.90. The van der Waals surface area contributed by atoms with Crippen LogP contribution in [-0.4, -0.2) is 26.3 Å². The number of ether oxygens (including phenoxy) is 2. The van der Waals surface area contributed by atoms with Gasteiger partial charge in [-0.1, -0.05) is 11.6 Å². The van der Waals surface area contributed by atoms with Crippen LogP contribution >= 0.6 is 11.6 Å². The van der Waals surface area contributed by atoms with Gasteiger partial charge in [-0.3, -0.25) is 0 Å². The fraction of sp³-hybridized carbons (Fsp3) is 0.364. The van der Waals surface area contributed by atoms with E-state index in [2.05, 4.69) is 4.74 Å². The van der Waals surface area contributed by atoms with Crippen molar-refractivity contribution in [1.82, 2.24) is 0 Å². The molecule has 4 nitrogen and oxygen atoms in total. The molecule has 1 rings (SSSR count). The molecule has 1 unspecified atom stereocenters. The highest BCUT2D eigenvalue weighted by Gasteiger charge is 2.15. The fourth-order valence-electron chi connectivity index (χ4n) is 1.24. The zero-order valence-electron chi connectivity index (χ0n) is 9.58. The molecule has 0 aliphatic heterocycles. The molecular weight excluding hydrogens is 268 g/mol. The highest BCUT2D eigenvalue weighted by Crippen LogP contribution is 2.24. The molecule has 18 heavy (non-hydrogen) atoms. The van der Waals surface area contributed by atoms with Crippen molar-refractivity contribution in [2.24, 2.45) is 5.73 Å². The van der Waals surface area contributed by atoms with Gasteiger partial charge in [-0.25, -0.2) is 13.6 Å². The van der Waals surface area contributed by atoms with Crippen molar-refractivity contribution < 1.29 is 23.0 Å². The van der Waals surface area contributed by atoms with Gasteiger partial charge in [0, 0.05) is 5.02 Å². The van der Waals surface area contributed by atoms with E-state index in [1.807, 2.05) is 0 Å². The lowest BCUT2D eigenvalue weighted by atomic mass is 10.1. The zero-order valence-corrected chi connectivity index (χ0v) is 10.3. The van der Waals surface area contributed by atoms with Crippen LogP contribution in [0.1, 0.15) is 11.6 Å². The van der Waals surface area contributed by atoms with Crippen LogP contribution in [0.25, 0.3) is 0 Å². The number of rotatable bonds is 5. The molecule has 0 aliphatic carbocycles. The zero-order chi connectivity index (χ0) is 13.7. The average molecular weight is 280 g/mol. The van der Waals surface area contributed by atoms with Gasteiger partial charge in [0.15, 0.2) is 11.6 Å². The molecule has 0 fully saturated rings. The first-order chi connectivity index (χ1) is 8.45. The van der Waals surface area contributed by atoms with Crippen molar-refractivity contribution in [1.29, 1.82) is 0 Å². The Morgan fingerprint density at radius 2 is 2.06 bits per heavy atom. The molecule has 2 N–H and O–H groups in total. The van der Waals surface area contributed by atoms with E-state index in [4.69, 9.17) is 22.1 Å². The molecule has 100 valence electrons. The van der Waals surface area contributed by atoms with E-state index in [0.29, 0.717) is 0 Å². The van der Waals surface area contributed by atoms with Crippen molar-refractivity contribution >= 4 is 17.6 Å². The van der Waals surface area contributed by atoms with Crippen LogP contribution in [0.2, 0.25) is 5.02 Å². The van der Waals surface area contributed by atoms with Crippen LogP contribution in [-0.2, 0) is 14.3 Å². The Hall–Kier alpha value is -1.24. The number of nitrogens with two attached hydrogens (primary N) is 1. The third-order valence-electron chi connectivity index (χ3n) is 2.18. The van der Waals surface area contributed by atoms with Gasteiger partial charge in [0.1, 0.15) is 6.61 Å². The van der Waals surface area contributed by atoms with Crippen LogP contribution in [0.4, 0.5) is 8.78 Å². The SMILES string of the molecule is COC(=O)COCC(N)c1cc(F)c(F)cc1Cl. The summed E-state index contributed by atoms with van der Waals surface area (Å²) in [4.78, 5) is 10.8. The minimum absolute atomic E-state index is 0.00284. The molecule has 7 heteroatoms. The molecule has 0 spiro atoms. The highest BCUT2D eigenvalue weighted by molar-refractivity contribution is 6.31. The Balaban J connectivity index is 2.64. The number of halogens is 3. The van der Waals surface area contributed by atoms with Gasteiger partial charge >= 0.3 is 5.97 Å². The van der Waals surface area contributed by atoms with E-state index in [0.717, 1.165) is 12.1 Å². The van der Waals surface area contributed by atoms with E-state index in [-0.39, 0.29) is 23.8 Å². The van der Waals surface area contributed by atoms with Gasteiger partial charge in [0.05, 0.1) is 19.8 Å². The summed E-state index contributed by atoms with van der Waals surface area (Å²) >= 11 is 5.73.